The Balaban J connectivity index is 1.85. The van der Waals surface area contributed by atoms with Gasteiger partial charge in [0.05, 0.1) is 12.3 Å². The second-order valence-corrected chi connectivity index (χ2v) is 4.78. The SMILES string of the molecule is CCC(N)C(OCCOc1ccccc1)c1ccccn1. The quantitative estimate of drug-likeness (QED) is 0.758. The normalized spacial score (nSPS) is 13.6. The standard InChI is InChI=1S/C17H22N2O2/c1-2-15(18)17(16-10-6-7-11-19-16)21-13-12-20-14-8-4-3-5-9-14/h3-11,15,17H,2,12-13,18H2,1H3. The zero-order valence-corrected chi connectivity index (χ0v) is 12.3. The van der Waals surface area contributed by atoms with Crippen molar-refractivity contribution >= 4 is 0 Å². The van der Waals surface area contributed by atoms with Gasteiger partial charge >= 0.3 is 0 Å². The minimum Gasteiger partial charge on any atom is -0.491 e. The molecule has 2 unspecified atom stereocenters. The fraction of sp³-hybridized carbons (Fsp3) is 0.353. The molecule has 1 heterocycles. The molecule has 0 saturated carbocycles. The molecule has 0 aliphatic carbocycles. The minimum absolute atomic E-state index is 0.0726. The van der Waals surface area contributed by atoms with Crippen molar-refractivity contribution in [2.24, 2.45) is 5.73 Å². The highest BCUT2D eigenvalue weighted by molar-refractivity contribution is 5.20. The molecule has 0 spiro atoms. The van der Waals surface area contributed by atoms with Gasteiger partial charge in [-0.05, 0) is 30.7 Å². The number of benzene rings is 1. The second kappa shape index (κ2) is 8.39. The fourth-order valence-electron chi connectivity index (χ4n) is 2.04. The van der Waals surface area contributed by atoms with E-state index in [0.717, 1.165) is 17.9 Å². The Labute approximate surface area is 125 Å². The predicted octanol–water partition coefficient (Wildman–Crippen LogP) is 2.96. The van der Waals surface area contributed by atoms with Gasteiger partial charge in [-0.2, -0.15) is 0 Å². The van der Waals surface area contributed by atoms with Crippen molar-refractivity contribution < 1.29 is 9.47 Å². The number of rotatable bonds is 8. The molecule has 2 N–H and O–H groups in total. The minimum atomic E-state index is -0.199. The van der Waals surface area contributed by atoms with Gasteiger partial charge in [0.1, 0.15) is 18.5 Å². The van der Waals surface area contributed by atoms with Gasteiger partial charge in [-0.1, -0.05) is 31.2 Å². The van der Waals surface area contributed by atoms with E-state index in [1.54, 1.807) is 6.20 Å². The molecule has 1 aromatic heterocycles. The summed E-state index contributed by atoms with van der Waals surface area (Å²) >= 11 is 0. The molecule has 2 aromatic rings. The van der Waals surface area contributed by atoms with Crippen LogP contribution >= 0.6 is 0 Å². The van der Waals surface area contributed by atoms with Crippen molar-refractivity contribution in [2.75, 3.05) is 13.2 Å². The zero-order chi connectivity index (χ0) is 14.9. The van der Waals surface area contributed by atoms with E-state index in [-0.39, 0.29) is 12.1 Å². The van der Waals surface area contributed by atoms with E-state index in [1.165, 1.54) is 0 Å². The maximum atomic E-state index is 6.14. The van der Waals surface area contributed by atoms with Crippen LogP contribution in [0.25, 0.3) is 0 Å². The van der Waals surface area contributed by atoms with Gasteiger partial charge in [-0.15, -0.1) is 0 Å². The van der Waals surface area contributed by atoms with E-state index in [2.05, 4.69) is 4.98 Å². The Bertz CT molecular complexity index is 505. The van der Waals surface area contributed by atoms with Gasteiger partial charge < -0.3 is 15.2 Å². The summed E-state index contributed by atoms with van der Waals surface area (Å²) in [7, 11) is 0. The van der Waals surface area contributed by atoms with Crippen molar-refractivity contribution in [2.45, 2.75) is 25.5 Å². The Morgan fingerprint density at radius 3 is 2.48 bits per heavy atom. The number of aromatic nitrogens is 1. The van der Waals surface area contributed by atoms with E-state index in [1.807, 2.05) is 55.5 Å². The predicted molar refractivity (Wildman–Crippen MR) is 83.1 cm³/mol. The molecule has 2 rings (SSSR count). The van der Waals surface area contributed by atoms with Gasteiger partial charge in [0, 0.05) is 12.2 Å². The zero-order valence-electron chi connectivity index (χ0n) is 12.3. The van der Waals surface area contributed by atoms with Gasteiger partial charge in [-0.3, -0.25) is 4.98 Å². The Hall–Kier alpha value is -1.91. The third-order valence-corrected chi connectivity index (χ3v) is 3.23. The lowest BCUT2D eigenvalue weighted by Crippen LogP contribution is -2.31. The average molecular weight is 286 g/mol. The first-order valence-electron chi connectivity index (χ1n) is 7.27. The van der Waals surface area contributed by atoms with Crippen LogP contribution in [0, 0.1) is 0 Å². The summed E-state index contributed by atoms with van der Waals surface area (Å²) in [6.45, 7) is 3.01. The Morgan fingerprint density at radius 1 is 1.05 bits per heavy atom. The molecule has 112 valence electrons. The Kier molecular flexibility index (Phi) is 6.19. The monoisotopic (exact) mass is 286 g/mol. The van der Waals surface area contributed by atoms with Crippen LogP contribution < -0.4 is 10.5 Å². The Morgan fingerprint density at radius 2 is 1.81 bits per heavy atom. The van der Waals surface area contributed by atoms with Crippen LogP contribution in [0.4, 0.5) is 0 Å². The van der Waals surface area contributed by atoms with Crippen LogP contribution in [-0.2, 0) is 4.74 Å². The smallest absolute Gasteiger partial charge is 0.119 e. The number of hydrogen-bond donors (Lipinski definition) is 1. The van der Waals surface area contributed by atoms with Crippen LogP contribution in [0.15, 0.2) is 54.7 Å². The highest BCUT2D eigenvalue weighted by Gasteiger charge is 2.20. The lowest BCUT2D eigenvalue weighted by molar-refractivity contribution is 0.0143. The van der Waals surface area contributed by atoms with E-state index < -0.39 is 0 Å². The summed E-state index contributed by atoms with van der Waals surface area (Å²) in [5, 5.41) is 0. The first kappa shape index (κ1) is 15.5. The third-order valence-electron chi connectivity index (χ3n) is 3.23. The summed E-state index contributed by atoms with van der Waals surface area (Å²) in [4.78, 5) is 4.34. The van der Waals surface area contributed by atoms with Crippen LogP contribution in [0.2, 0.25) is 0 Å². The average Bonchev–Trinajstić information content (AvgIpc) is 2.56. The number of nitrogens with two attached hydrogens (primary N) is 1. The molecule has 1 aromatic carbocycles. The van der Waals surface area contributed by atoms with Crippen molar-refractivity contribution in [1.82, 2.24) is 4.98 Å². The highest BCUT2D eigenvalue weighted by Crippen LogP contribution is 2.20. The van der Waals surface area contributed by atoms with Gasteiger partial charge in [-0.25, -0.2) is 0 Å². The summed E-state index contributed by atoms with van der Waals surface area (Å²) in [6.07, 6.45) is 2.39. The second-order valence-electron chi connectivity index (χ2n) is 4.78. The summed E-state index contributed by atoms with van der Waals surface area (Å²) in [5.74, 6) is 0.843. The summed E-state index contributed by atoms with van der Waals surface area (Å²) in [5.41, 5.74) is 7.00. The number of para-hydroxylation sites is 1. The number of hydrogen-bond acceptors (Lipinski definition) is 4. The fourth-order valence-corrected chi connectivity index (χ4v) is 2.04. The van der Waals surface area contributed by atoms with E-state index in [0.29, 0.717) is 13.2 Å². The van der Waals surface area contributed by atoms with Crippen molar-refractivity contribution in [3.05, 3.63) is 60.4 Å². The molecule has 0 amide bonds. The van der Waals surface area contributed by atoms with E-state index in [9.17, 15) is 0 Å². The van der Waals surface area contributed by atoms with Crippen LogP contribution in [0.1, 0.15) is 25.1 Å². The first-order chi connectivity index (χ1) is 10.3. The van der Waals surface area contributed by atoms with Crippen LogP contribution in [0.3, 0.4) is 0 Å². The van der Waals surface area contributed by atoms with Gasteiger partial charge in [0.15, 0.2) is 0 Å². The molecule has 21 heavy (non-hydrogen) atoms. The van der Waals surface area contributed by atoms with Crippen LogP contribution in [-0.4, -0.2) is 24.2 Å². The molecule has 0 radical (unpaired) electrons. The maximum Gasteiger partial charge on any atom is 0.119 e. The van der Waals surface area contributed by atoms with Crippen molar-refractivity contribution in [1.29, 1.82) is 0 Å². The molecular weight excluding hydrogens is 264 g/mol. The molecule has 4 nitrogen and oxygen atoms in total. The molecule has 0 aliphatic rings. The molecule has 0 fully saturated rings. The highest BCUT2D eigenvalue weighted by atomic mass is 16.5. The third kappa shape index (κ3) is 4.85. The molecular formula is C17H22N2O2. The number of nitrogens with zero attached hydrogens (tertiary/aromatic N) is 1. The maximum absolute atomic E-state index is 6.14. The topological polar surface area (TPSA) is 57.4 Å². The van der Waals surface area contributed by atoms with Crippen LogP contribution in [0.5, 0.6) is 5.75 Å². The van der Waals surface area contributed by atoms with Crippen molar-refractivity contribution in [3.8, 4) is 5.75 Å². The number of pyridine rings is 1. The summed E-state index contributed by atoms with van der Waals surface area (Å²) < 4.78 is 11.5. The van der Waals surface area contributed by atoms with Crippen molar-refractivity contribution in [3.63, 3.8) is 0 Å². The molecule has 0 saturated heterocycles. The molecule has 0 aliphatic heterocycles. The van der Waals surface area contributed by atoms with Gasteiger partial charge in [0.25, 0.3) is 0 Å². The molecule has 2 atom stereocenters. The van der Waals surface area contributed by atoms with E-state index in [4.69, 9.17) is 15.2 Å². The lowest BCUT2D eigenvalue weighted by Gasteiger charge is -2.23. The molecule has 4 heteroatoms. The summed E-state index contributed by atoms with van der Waals surface area (Å²) in [6, 6.07) is 15.4. The number of ether oxygens (including phenoxy) is 2. The molecule has 0 bridgehead atoms. The van der Waals surface area contributed by atoms with E-state index >= 15 is 0 Å². The lowest BCUT2D eigenvalue weighted by atomic mass is 10.1. The van der Waals surface area contributed by atoms with Gasteiger partial charge in [0.2, 0.25) is 0 Å². The largest absolute Gasteiger partial charge is 0.491 e. The first-order valence-corrected chi connectivity index (χ1v) is 7.27.